The molecule has 1 N–H and O–H groups in total. The third kappa shape index (κ3) is 2.41. The van der Waals surface area contributed by atoms with Crippen molar-refractivity contribution in [1.29, 1.82) is 0 Å². The Bertz CT molecular complexity index is 592. The number of aromatic carboxylic acids is 1. The summed E-state index contributed by atoms with van der Waals surface area (Å²) in [6.45, 7) is 0. The molecule has 0 amide bonds. The highest BCUT2D eigenvalue weighted by Crippen LogP contribution is 2.27. The fourth-order valence-electron chi connectivity index (χ4n) is 1.47. The molecule has 0 fully saturated rings. The number of carboxylic acid groups (broad SMARTS) is 1. The average Bonchev–Trinajstić information content (AvgIpc) is 2.60. The first kappa shape index (κ1) is 12.3. The SMILES string of the molecule is O=C(O)c1cc(Cl)cn1-c1ccc(Cl)cc1Cl. The lowest BCUT2D eigenvalue weighted by molar-refractivity contribution is 0.0688. The molecule has 0 atom stereocenters. The van der Waals surface area contributed by atoms with Gasteiger partial charge in [-0.3, -0.25) is 0 Å². The van der Waals surface area contributed by atoms with Crippen molar-refractivity contribution >= 4 is 40.8 Å². The van der Waals surface area contributed by atoms with Crippen molar-refractivity contribution in [2.75, 3.05) is 0 Å². The lowest BCUT2D eigenvalue weighted by Gasteiger charge is -2.08. The van der Waals surface area contributed by atoms with Gasteiger partial charge in [-0.1, -0.05) is 34.8 Å². The van der Waals surface area contributed by atoms with Gasteiger partial charge in [-0.2, -0.15) is 0 Å². The number of hydrogen-bond donors (Lipinski definition) is 1. The van der Waals surface area contributed by atoms with E-state index in [2.05, 4.69) is 0 Å². The van der Waals surface area contributed by atoms with E-state index in [1.165, 1.54) is 22.9 Å². The topological polar surface area (TPSA) is 42.2 Å². The van der Waals surface area contributed by atoms with Crippen LogP contribution in [0.4, 0.5) is 0 Å². The Morgan fingerprint density at radius 2 is 1.82 bits per heavy atom. The Labute approximate surface area is 112 Å². The van der Waals surface area contributed by atoms with Gasteiger partial charge in [0, 0.05) is 11.2 Å². The van der Waals surface area contributed by atoms with Gasteiger partial charge in [0.2, 0.25) is 0 Å². The van der Waals surface area contributed by atoms with Gasteiger partial charge in [-0.15, -0.1) is 0 Å². The van der Waals surface area contributed by atoms with Gasteiger partial charge in [-0.25, -0.2) is 4.79 Å². The van der Waals surface area contributed by atoms with Gasteiger partial charge < -0.3 is 9.67 Å². The molecule has 0 aliphatic rings. The van der Waals surface area contributed by atoms with E-state index in [9.17, 15) is 4.79 Å². The van der Waals surface area contributed by atoms with Gasteiger partial charge in [0.1, 0.15) is 5.69 Å². The van der Waals surface area contributed by atoms with Gasteiger partial charge in [-0.05, 0) is 24.3 Å². The molecular formula is C11H6Cl3NO2. The second kappa shape index (κ2) is 4.61. The van der Waals surface area contributed by atoms with Crippen LogP contribution in [0.15, 0.2) is 30.5 Å². The molecule has 0 aliphatic carbocycles. The predicted molar refractivity (Wildman–Crippen MR) is 67.8 cm³/mol. The predicted octanol–water partition coefficient (Wildman–Crippen LogP) is 4.14. The Morgan fingerprint density at radius 3 is 2.41 bits per heavy atom. The standard InChI is InChI=1S/C11H6Cl3NO2/c12-6-1-2-9(8(14)3-6)15-5-7(13)4-10(15)11(16)17/h1-5H,(H,16,17). The van der Waals surface area contributed by atoms with Crippen molar-refractivity contribution < 1.29 is 9.90 Å². The van der Waals surface area contributed by atoms with Crippen LogP contribution in [0.5, 0.6) is 0 Å². The molecule has 88 valence electrons. The van der Waals surface area contributed by atoms with Gasteiger partial charge in [0.05, 0.1) is 15.7 Å². The number of halogens is 3. The summed E-state index contributed by atoms with van der Waals surface area (Å²) in [4.78, 5) is 11.0. The second-order valence-electron chi connectivity index (χ2n) is 3.31. The van der Waals surface area contributed by atoms with Crippen LogP contribution in [0.3, 0.4) is 0 Å². The molecule has 0 saturated heterocycles. The fraction of sp³-hybridized carbons (Fsp3) is 0. The van der Waals surface area contributed by atoms with Gasteiger partial charge >= 0.3 is 5.97 Å². The Kier molecular flexibility index (Phi) is 3.33. The summed E-state index contributed by atoms with van der Waals surface area (Å²) in [7, 11) is 0. The zero-order chi connectivity index (χ0) is 12.6. The molecule has 2 aromatic rings. The third-order valence-corrected chi connectivity index (χ3v) is 2.92. The summed E-state index contributed by atoms with van der Waals surface area (Å²) in [5.41, 5.74) is 0.555. The van der Waals surface area contributed by atoms with Crippen LogP contribution in [0.1, 0.15) is 10.5 Å². The quantitative estimate of drug-likeness (QED) is 0.903. The lowest BCUT2D eigenvalue weighted by atomic mass is 10.3. The minimum absolute atomic E-state index is 0.0409. The summed E-state index contributed by atoms with van der Waals surface area (Å²) < 4.78 is 1.41. The summed E-state index contributed by atoms with van der Waals surface area (Å²) >= 11 is 17.6. The van der Waals surface area contributed by atoms with Crippen LogP contribution in [0.2, 0.25) is 15.1 Å². The van der Waals surface area contributed by atoms with E-state index in [0.29, 0.717) is 20.8 Å². The van der Waals surface area contributed by atoms with Gasteiger partial charge in [0.25, 0.3) is 0 Å². The molecule has 3 nitrogen and oxygen atoms in total. The maximum atomic E-state index is 11.0. The van der Waals surface area contributed by atoms with Crippen molar-refractivity contribution in [1.82, 2.24) is 4.57 Å². The Balaban J connectivity index is 2.63. The highest BCUT2D eigenvalue weighted by atomic mass is 35.5. The number of rotatable bonds is 2. The molecule has 0 aliphatic heterocycles. The van der Waals surface area contributed by atoms with Crippen LogP contribution in [-0.2, 0) is 0 Å². The lowest BCUT2D eigenvalue weighted by Crippen LogP contribution is -2.05. The van der Waals surface area contributed by atoms with Crippen molar-refractivity contribution in [3.63, 3.8) is 0 Å². The largest absolute Gasteiger partial charge is 0.477 e. The molecule has 1 aromatic carbocycles. The normalized spacial score (nSPS) is 10.5. The zero-order valence-electron chi connectivity index (χ0n) is 8.32. The Morgan fingerprint density at radius 1 is 1.12 bits per heavy atom. The van der Waals surface area contributed by atoms with E-state index in [-0.39, 0.29) is 5.69 Å². The third-order valence-electron chi connectivity index (χ3n) is 2.17. The molecule has 1 aromatic heterocycles. The van der Waals surface area contributed by atoms with E-state index in [1.807, 2.05) is 0 Å². The summed E-state index contributed by atoms with van der Waals surface area (Å²) in [6.07, 6.45) is 1.49. The molecule has 0 radical (unpaired) electrons. The molecule has 6 heteroatoms. The molecule has 0 bridgehead atoms. The minimum Gasteiger partial charge on any atom is -0.477 e. The van der Waals surface area contributed by atoms with E-state index in [1.54, 1.807) is 12.1 Å². The maximum absolute atomic E-state index is 11.0. The molecule has 0 unspecified atom stereocenters. The van der Waals surface area contributed by atoms with E-state index in [0.717, 1.165) is 0 Å². The highest BCUT2D eigenvalue weighted by Gasteiger charge is 2.15. The zero-order valence-corrected chi connectivity index (χ0v) is 10.6. The van der Waals surface area contributed by atoms with E-state index >= 15 is 0 Å². The number of carbonyl (C=O) groups is 1. The van der Waals surface area contributed by atoms with Crippen molar-refractivity contribution in [3.05, 3.63) is 51.2 Å². The first-order valence-corrected chi connectivity index (χ1v) is 5.69. The average molecular weight is 291 g/mol. The first-order valence-electron chi connectivity index (χ1n) is 4.55. The Hall–Kier alpha value is -1.16. The van der Waals surface area contributed by atoms with E-state index in [4.69, 9.17) is 39.9 Å². The minimum atomic E-state index is -1.08. The van der Waals surface area contributed by atoms with Gasteiger partial charge in [0.15, 0.2) is 0 Å². The van der Waals surface area contributed by atoms with Crippen molar-refractivity contribution in [3.8, 4) is 5.69 Å². The number of aromatic nitrogens is 1. The van der Waals surface area contributed by atoms with Crippen LogP contribution in [-0.4, -0.2) is 15.6 Å². The summed E-state index contributed by atoms with van der Waals surface area (Å²) in [6, 6.07) is 6.16. The molecule has 2 rings (SSSR count). The number of carboxylic acids is 1. The van der Waals surface area contributed by atoms with Crippen molar-refractivity contribution in [2.45, 2.75) is 0 Å². The maximum Gasteiger partial charge on any atom is 0.352 e. The monoisotopic (exact) mass is 289 g/mol. The number of hydrogen-bond acceptors (Lipinski definition) is 1. The summed E-state index contributed by atoms with van der Waals surface area (Å²) in [5, 5.41) is 10.2. The van der Waals surface area contributed by atoms with Crippen molar-refractivity contribution in [2.24, 2.45) is 0 Å². The van der Waals surface area contributed by atoms with Crippen LogP contribution in [0.25, 0.3) is 5.69 Å². The molecule has 0 saturated carbocycles. The highest BCUT2D eigenvalue weighted by molar-refractivity contribution is 6.36. The molecule has 17 heavy (non-hydrogen) atoms. The smallest absolute Gasteiger partial charge is 0.352 e. The van der Waals surface area contributed by atoms with Crippen LogP contribution >= 0.6 is 34.8 Å². The molecule has 1 heterocycles. The second-order valence-corrected chi connectivity index (χ2v) is 4.59. The van der Waals surface area contributed by atoms with Crippen LogP contribution in [0, 0.1) is 0 Å². The fourth-order valence-corrected chi connectivity index (χ4v) is 2.17. The number of nitrogens with zero attached hydrogens (tertiary/aromatic N) is 1. The molecule has 0 spiro atoms. The summed E-state index contributed by atoms with van der Waals surface area (Å²) in [5.74, 6) is -1.08. The van der Waals surface area contributed by atoms with E-state index < -0.39 is 5.97 Å². The van der Waals surface area contributed by atoms with Crippen LogP contribution < -0.4 is 0 Å². The molecular weight excluding hydrogens is 284 g/mol. The number of benzene rings is 1. The first-order chi connectivity index (χ1) is 7.99.